The number of hydrogen-bond donors (Lipinski definition) is 3. The number of phenolic OH excluding ortho intramolecular Hbond substituents is 1. The maximum atomic E-state index is 12.7. The van der Waals surface area contributed by atoms with Crippen LogP contribution in [-0.2, 0) is 6.42 Å². The van der Waals surface area contributed by atoms with Crippen LogP contribution in [0.25, 0.3) is 33.9 Å². The number of anilines is 1. The third-order valence-corrected chi connectivity index (χ3v) is 6.57. The number of aromatic hydroxyl groups is 1. The zero-order chi connectivity index (χ0) is 26.1. The van der Waals surface area contributed by atoms with Gasteiger partial charge in [0.05, 0.1) is 5.56 Å². The van der Waals surface area contributed by atoms with Crippen molar-refractivity contribution in [2.75, 3.05) is 5.32 Å². The van der Waals surface area contributed by atoms with Crippen LogP contribution in [0.5, 0.6) is 5.75 Å². The van der Waals surface area contributed by atoms with Gasteiger partial charge in [-0.2, -0.15) is 0 Å². The molecule has 0 fully saturated rings. The second-order valence-electron chi connectivity index (χ2n) is 8.44. The lowest BCUT2D eigenvalue weighted by Gasteiger charge is -2.12. The number of oxazole rings is 1. The molecule has 1 amide bonds. The topological polar surface area (TPSA) is 101 Å². The number of aromatic nitrogens is 1. The predicted molar refractivity (Wildman–Crippen MR) is 151 cm³/mol. The maximum absolute atomic E-state index is 12.7. The summed E-state index contributed by atoms with van der Waals surface area (Å²) in [5, 5.41) is 16.4. The molecule has 0 saturated carbocycles. The number of nitrogens with zero attached hydrogens (tertiary/aromatic N) is 1. The Labute approximate surface area is 226 Å². The van der Waals surface area contributed by atoms with Crippen LogP contribution in [-0.4, -0.2) is 21.1 Å². The lowest BCUT2D eigenvalue weighted by Crippen LogP contribution is -2.33. The van der Waals surface area contributed by atoms with Gasteiger partial charge in [0.2, 0.25) is 5.89 Å². The van der Waals surface area contributed by atoms with E-state index in [0.29, 0.717) is 39.6 Å². The first-order chi connectivity index (χ1) is 17.8. The van der Waals surface area contributed by atoms with Gasteiger partial charge in [-0.1, -0.05) is 41.1 Å². The van der Waals surface area contributed by atoms with Crippen molar-refractivity contribution in [1.29, 1.82) is 0 Å². The molecule has 9 heteroatoms. The molecule has 0 aliphatic carbocycles. The molecular weight excluding hydrogens is 554 g/mol. The Hall–Kier alpha value is -3.95. The highest BCUT2D eigenvalue weighted by Crippen LogP contribution is 2.36. The Balaban J connectivity index is 1.32. The largest absolute Gasteiger partial charge is 0.507 e. The number of benzene rings is 3. The van der Waals surface area contributed by atoms with Gasteiger partial charge in [0.25, 0.3) is 5.91 Å². The van der Waals surface area contributed by atoms with Gasteiger partial charge in [-0.05, 0) is 85.2 Å². The summed E-state index contributed by atoms with van der Waals surface area (Å²) in [5.74, 6) is 0.557. The molecule has 0 aliphatic rings. The number of phenols is 1. The van der Waals surface area contributed by atoms with Crippen LogP contribution < -0.4 is 10.6 Å². The van der Waals surface area contributed by atoms with Gasteiger partial charge in [-0.3, -0.25) is 10.1 Å². The first-order valence-corrected chi connectivity index (χ1v) is 12.7. The monoisotopic (exact) mass is 575 g/mol. The fourth-order valence-corrected chi connectivity index (χ4v) is 4.35. The summed E-state index contributed by atoms with van der Waals surface area (Å²) in [6, 6.07) is 20.1. The van der Waals surface area contributed by atoms with Crippen LogP contribution in [0.4, 0.5) is 5.69 Å². The van der Waals surface area contributed by atoms with Gasteiger partial charge in [0.1, 0.15) is 17.0 Å². The van der Waals surface area contributed by atoms with Crippen LogP contribution in [0, 0.1) is 6.92 Å². The number of amides is 1. The summed E-state index contributed by atoms with van der Waals surface area (Å²) in [4.78, 5) is 17.3. The zero-order valence-corrected chi connectivity index (χ0v) is 22.4. The number of nitrogens with one attached hydrogen (secondary N) is 2. The SMILES string of the molecule is CCc1ccc2oc(-c3cc(NC(=S)NC(=O)c4ccc(-c5ccc(Br)cc5)o4)cc(C)c3O)nc2c1. The zero-order valence-electron chi connectivity index (χ0n) is 20.0. The van der Waals surface area contributed by atoms with Crippen LogP contribution >= 0.6 is 28.1 Å². The van der Waals surface area contributed by atoms with Crippen molar-refractivity contribution < 1.29 is 18.7 Å². The van der Waals surface area contributed by atoms with Crippen molar-refractivity contribution in [3.05, 3.63) is 88.1 Å². The summed E-state index contributed by atoms with van der Waals surface area (Å²) in [5.41, 5.74) is 4.90. The third-order valence-electron chi connectivity index (χ3n) is 5.83. The summed E-state index contributed by atoms with van der Waals surface area (Å²) < 4.78 is 12.6. The fraction of sp³-hybridized carbons (Fsp3) is 0.107. The Kier molecular flexibility index (Phi) is 6.82. The summed E-state index contributed by atoms with van der Waals surface area (Å²) in [6.45, 7) is 3.83. The number of halogens is 1. The minimum atomic E-state index is -0.484. The lowest BCUT2D eigenvalue weighted by molar-refractivity contribution is 0.0951. The van der Waals surface area contributed by atoms with E-state index in [2.05, 4.69) is 38.5 Å². The number of carbonyl (C=O) groups excluding carboxylic acids is 1. The highest BCUT2D eigenvalue weighted by atomic mass is 79.9. The van der Waals surface area contributed by atoms with Gasteiger partial charge in [-0.25, -0.2) is 4.98 Å². The molecule has 0 atom stereocenters. The van der Waals surface area contributed by atoms with E-state index in [-0.39, 0.29) is 16.6 Å². The number of fused-ring (bicyclic) bond motifs is 1. The Bertz CT molecular complexity index is 1640. The molecule has 0 aliphatic heterocycles. The fourth-order valence-electron chi connectivity index (χ4n) is 3.88. The van der Waals surface area contributed by atoms with Gasteiger partial charge in [-0.15, -0.1) is 0 Å². The van der Waals surface area contributed by atoms with E-state index in [1.165, 1.54) is 0 Å². The van der Waals surface area contributed by atoms with E-state index < -0.39 is 5.91 Å². The summed E-state index contributed by atoms with van der Waals surface area (Å²) >= 11 is 8.75. The molecule has 0 saturated heterocycles. The third kappa shape index (κ3) is 5.28. The molecule has 5 aromatic rings. The van der Waals surface area contributed by atoms with E-state index in [4.69, 9.17) is 21.1 Å². The van der Waals surface area contributed by atoms with Crippen molar-refractivity contribution in [3.63, 3.8) is 0 Å². The number of carbonyl (C=O) groups is 1. The molecule has 3 aromatic carbocycles. The minimum absolute atomic E-state index is 0.0545. The Morgan fingerprint density at radius 1 is 1.05 bits per heavy atom. The number of hydrogen-bond acceptors (Lipinski definition) is 6. The molecule has 5 rings (SSSR count). The van der Waals surface area contributed by atoms with Gasteiger partial charge in [0, 0.05) is 15.7 Å². The first kappa shape index (κ1) is 24.7. The average Bonchev–Trinajstić information content (AvgIpc) is 3.53. The first-order valence-electron chi connectivity index (χ1n) is 11.5. The summed E-state index contributed by atoms with van der Waals surface area (Å²) in [6.07, 6.45) is 0.884. The van der Waals surface area contributed by atoms with Crippen LogP contribution in [0.15, 0.2) is 80.0 Å². The molecular formula is C28H22BrN3O4S. The van der Waals surface area contributed by atoms with Crippen molar-refractivity contribution in [2.24, 2.45) is 0 Å². The maximum Gasteiger partial charge on any atom is 0.293 e. The average molecular weight is 576 g/mol. The van der Waals surface area contributed by atoms with E-state index in [9.17, 15) is 9.90 Å². The van der Waals surface area contributed by atoms with Crippen LogP contribution in [0.1, 0.15) is 28.6 Å². The number of rotatable bonds is 5. The standard InChI is InChI=1S/C28H22BrN3O4S/c1-3-16-4-9-23-21(13-16)31-27(36-23)20-14-19(12-15(2)25(20)33)30-28(37)32-26(34)24-11-10-22(35-24)17-5-7-18(29)8-6-17/h4-14,33H,3H2,1-2H3,(H2,30,32,34,37). The predicted octanol–water partition coefficient (Wildman–Crippen LogP) is 7.22. The number of furan rings is 1. The smallest absolute Gasteiger partial charge is 0.293 e. The number of aryl methyl sites for hydroxylation is 2. The Morgan fingerprint density at radius 3 is 2.59 bits per heavy atom. The second kappa shape index (κ2) is 10.2. The van der Waals surface area contributed by atoms with Crippen molar-refractivity contribution >= 4 is 56.0 Å². The van der Waals surface area contributed by atoms with E-state index in [1.54, 1.807) is 31.2 Å². The van der Waals surface area contributed by atoms with Crippen molar-refractivity contribution in [3.8, 4) is 28.5 Å². The minimum Gasteiger partial charge on any atom is -0.507 e. The van der Waals surface area contributed by atoms with Crippen LogP contribution in [0.3, 0.4) is 0 Å². The molecule has 0 spiro atoms. The highest BCUT2D eigenvalue weighted by Gasteiger charge is 2.18. The van der Waals surface area contributed by atoms with E-state index >= 15 is 0 Å². The lowest BCUT2D eigenvalue weighted by atomic mass is 10.1. The molecule has 0 radical (unpaired) electrons. The van der Waals surface area contributed by atoms with Gasteiger partial charge >= 0.3 is 0 Å². The molecule has 37 heavy (non-hydrogen) atoms. The van der Waals surface area contributed by atoms with Gasteiger partial charge < -0.3 is 19.3 Å². The van der Waals surface area contributed by atoms with E-state index in [0.717, 1.165) is 22.0 Å². The highest BCUT2D eigenvalue weighted by molar-refractivity contribution is 9.10. The summed E-state index contributed by atoms with van der Waals surface area (Å²) in [7, 11) is 0. The molecule has 186 valence electrons. The Morgan fingerprint density at radius 2 is 1.84 bits per heavy atom. The quantitative estimate of drug-likeness (QED) is 0.150. The molecule has 3 N–H and O–H groups in total. The molecule has 7 nitrogen and oxygen atoms in total. The van der Waals surface area contributed by atoms with Gasteiger partial charge in [0.15, 0.2) is 16.5 Å². The van der Waals surface area contributed by atoms with Crippen LogP contribution in [0.2, 0.25) is 0 Å². The molecule has 2 aromatic heterocycles. The molecule has 0 unspecified atom stereocenters. The second-order valence-corrected chi connectivity index (χ2v) is 9.77. The molecule has 2 heterocycles. The van der Waals surface area contributed by atoms with Crippen molar-refractivity contribution in [1.82, 2.24) is 10.3 Å². The normalized spacial score (nSPS) is 11.0. The van der Waals surface area contributed by atoms with Crippen molar-refractivity contribution in [2.45, 2.75) is 20.3 Å². The van der Waals surface area contributed by atoms with E-state index in [1.807, 2.05) is 42.5 Å². The molecule has 0 bridgehead atoms. The number of thiocarbonyl (C=S) groups is 1.